The smallest absolute Gasteiger partial charge is 0.348 e. The fraction of sp³-hybridized carbons (Fsp3) is 0.583. The summed E-state index contributed by atoms with van der Waals surface area (Å²) >= 11 is 1.54. The maximum atomic E-state index is 11.5. The van der Waals surface area contributed by atoms with Crippen LogP contribution in [0, 0.1) is 0 Å². The SMILES string of the molecule is CCOC(=O)c1ccc(CN2CCNCC2)s1. The summed E-state index contributed by atoms with van der Waals surface area (Å²) in [6.07, 6.45) is 0. The molecule has 1 aliphatic heterocycles. The number of esters is 1. The molecule has 1 aliphatic rings. The van der Waals surface area contributed by atoms with Crippen LogP contribution in [-0.2, 0) is 11.3 Å². The summed E-state index contributed by atoms with van der Waals surface area (Å²) in [6, 6.07) is 3.89. The van der Waals surface area contributed by atoms with Crippen molar-refractivity contribution in [1.82, 2.24) is 10.2 Å². The highest BCUT2D eigenvalue weighted by molar-refractivity contribution is 7.13. The summed E-state index contributed by atoms with van der Waals surface area (Å²) in [6.45, 7) is 7.45. The lowest BCUT2D eigenvalue weighted by Gasteiger charge is -2.26. The van der Waals surface area contributed by atoms with Crippen molar-refractivity contribution in [1.29, 1.82) is 0 Å². The van der Waals surface area contributed by atoms with E-state index < -0.39 is 0 Å². The Hall–Kier alpha value is -0.910. The van der Waals surface area contributed by atoms with E-state index in [-0.39, 0.29) is 5.97 Å². The molecule has 0 amide bonds. The molecule has 0 atom stereocenters. The van der Waals surface area contributed by atoms with Crippen LogP contribution in [0.3, 0.4) is 0 Å². The highest BCUT2D eigenvalue weighted by Crippen LogP contribution is 2.19. The molecule has 0 spiro atoms. The van der Waals surface area contributed by atoms with Crippen molar-refractivity contribution in [2.75, 3.05) is 32.8 Å². The summed E-state index contributed by atoms with van der Waals surface area (Å²) in [5, 5.41) is 3.33. The van der Waals surface area contributed by atoms with Gasteiger partial charge in [-0.3, -0.25) is 4.90 Å². The fourth-order valence-electron chi connectivity index (χ4n) is 1.86. The maximum Gasteiger partial charge on any atom is 0.348 e. The number of hydrogen-bond acceptors (Lipinski definition) is 5. The summed E-state index contributed by atoms with van der Waals surface area (Å²) in [7, 11) is 0. The molecule has 5 heteroatoms. The van der Waals surface area contributed by atoms with Crippen molar-refractivity contribution >= 4 is 17.3 Å². The number of nitrogens with zero attached hydrogens (tertiary/aromatic N) is 1. The molecule has 2 heterocycles. The molecular formula is C12H18N2O2S. The van der Waals surface area contributed by atoms with Gasteiger partial charge in [-0.15, -0.1) is 11.3 Å². The topological polar surface area (TPSA) is 41.6 Å². The molecule has 0 bridgehead atoms. The van der Waals surface area contributed by atoms with Crippen LogP contribution in [0.15, 0.2) is 12.1 Å². The molecule has 17 heavy (non-hydrogen) atoms. The van der Waals surface area contributed by atoms with Gasteiger partial charge in [0.1, 0.15) is 4.88 Å². The van der Waals surface area contributed by atoms with Gasteiger partial charge in [0, 0.05) is 37.6 Å². The monoisotopic (exact) mass is 254 g/mol. The minimum Gasteiger partial charge on any atom is -0.462 e. The molecule has 0 aromatic carbocycles. The second kappa shape index (κ2) is 6.14. The van der Waals surface area contributed by atoms with Gasteiger partial charge >= 0.3 is 5.97 Å². The third kappa shape index (κ3) is 3.52. The van der Waals surface area contributed by atoms with Crippen molar-refractivity contribution in [2.24, 2.45) is 0 Å². The Morgan fingerprint density at radius 3 is 2.94 bits per heavy atom. The number of hydrogen-bond donors (Lipinski definition) is 1. The Kier molecular flexibility index (Phi) is 4.53. The molecule has 1 N–H and O–H groups in total. The van der Waals surface area contributed by atoms with Crippen LogP contribution >= 0.6 is 11.3 Å². The minimum absolute atomic E-state index is 0.205. The van der Waals surface area contributed by atoms with Gasteiger partial charge in [0.05, 0.1) is 6.61 Å². The zero-order valence-electron chi connectivity index (χ0n) is 10.1. The normalized spacial score (nSPS) is 17.0. The van der Waals surface area contributed by atoms with Crippen molar-refractivity contribution in [3.8, 4) is 0 Å². The molecule has 94 valence electrons. The van der Waals surface area contributed by atoms with Gasteiger partial charge in [-0.25, -0.2) is 4.79 Å². The van der Waals surface area contributed by atoms with Crippen LogP contribution in [-0.4, -0.2) is 43.7 Å². The fourth-order valence-corrected chi connectivity index (χ4v) is 2.81. The zero-order valence-corrected chi connectivity index (χ0v) is 10.9. The molecule has 1 aromatic heterocycles. The summed E-state index contributed by atoms with van der Waals surface area (Å²) in [5.74, 6) is -0.205. The van der Waals surface area contributed by atoms with E-state index in [0.29, 0.717) is 11.5 Å². The van der Waals surface area contributed by atoms with Crippen molar-refractivity contribution < 1.29 is 9.53 Å². The first-order valence-corrected chi connectivity index (χ1v) is 6.80. The lowest BCUT2D eigenvalue weighted by molar-refractivity contribution is 0.0532. The molecule has 1 fully saturated rings. The van der Waals surface area contributed by atoms with E-state index in [1.807, 2.05) is 19.1 Å². The van der Waals surface area contributed by atoms with Gasteiger partial charge in [-0.1, -0.05) is 0 Å². The van der Waals surface area contributed by atoms with E-state index >= 15 is 0 Å². The third-order valence-electron chi connectivity index (χ3n) is 2.73. The summed E-state index contributed by atoms with van der Waals surface area (Å²) < 4.78 is 4.98. The van der Waals surface area contributed by atoms with E-state index in [9.17, 15) is 4.79 Å². The Balaban J connectivity index is 1.91. The van der Waals surface area contributed by atoms with Gasteiger partial charge in [0.15, 0.2) is 0 Å². The highest BCUT2D eigenvalue weighted by atomic mass is 32.1. The highest BCUT2D eigenvalue weighted by Gasteiger charge is 2.13. The molecule has 0 radical (unpaired) electrons. The molecule has 0 saturated carbocycles. The Morgan fingerprint density at radius 2 is 2.24 bits per heavy atom. The van der Waals surface area contributed by atoms with E-state index in [1.54, 1.807) is 0 Å². The second-order valence-electron chi connectivity index (χ2n) is 4.01. The van der Waals surface area contributed by atoms with E-state index in [0.717, 1.165) is 32.7 Å². The molecular weight excluding hydrogens is 236 g/mol. The molecule has 4 nitrogen and oxygen atoms in total. The van der Waals surface area contributed by atoms with E-state index in [4.69, 9.17) is 4.74 Å². The molecule has 1 saturated heterocycles. The van der Waals surface area contributed by atoms with Crippen LogP contribution < -0.4 is 5.32 Å². The lowest BCUT2D eigenvalue weighted by atomic mass is 10.3. The summed E-state index contributed by atoms with van der Waals surface area (Å²) in [5.41, 5.74) is 0. The van der Waals surface area contributed by atoms with Crippen LogP contribution in [0.2, 0.25) is 0 Å². The quantitative estimate of drug-likeness (QED) is 0.823. The predicted molar refractivity (Wildman–Crippen MR) is 68.4 cm³/mol. The number of thiophene rings is 1. The van der Waals surface area contributed by atoms with Crippen LogP contribution in [0.4, 0.5) is 0 Å². The molecule has 1 aromatic rings. The Labute approximate surface area is 106 Å². The van der Waals surface area contributed by atoms with Crippen molar-refractivity contribution in [2.45, 2.75) is 13.5 Å². The largest absolute Gasteiger partial charge is 0.462 e. The first-order valence-electron chi connectivity index (χ1n) is 5.98. The Morgan fingerprint density at radius 1 is 1.47 bits per heavy atom. The number of ether oxygens (including phenoxy) is 1. The van der Waals surface area contributed by atoms with Gasteiger partial charge in [-0.05, 0) is 19.1 Å². The predicted octanol–water partition coefficient (Wildman–Crippen LogP) is 1.33. The van der Waals surface area contributed by atoms with Gasteiger partial charge in [-0.2, -0.15) is 0 Å². The van der Waals surface area contributed by atoms with Crippen molar-refractivity contribution in [3.05, 3.63) is 21.9 Å². The lowest BCUT2D eigenvalue weighted by Crippen LogP contribution is -2.42. The number of rotatable bonds is 4. The number of carbonyl (C=O) groups excluding carboxylic acids is 1. The van der Waals surface area contributed by atoms with Gasteiger partial charge in [0.25, 0.3) is 0 Å². The van der Waals surface area contributed by atoms with Crippen LogP contribution in [0.25, 0.3) is 0 Å². The number of piperazine rings is 1. The van der Waals surface area contributed by atoms with E-state index in [1.165, 1.54) is 16.2 Å². The molecule has 2 rings (SSSR count). The average molecular weight is 254 g/mol. The maximum absolute atomic E-state index is 11.5. The first kappa shape index (κ1) is 12.5. The van der Waals surface area contributed by atoms with Crippen LogP contribution in [0.5, 0.6) is 0 Å². The van der Waals surface area contributed by atoms with E-state index in [2.05, 4.69) is 10.2 Å². The second-order valence-corrected chi connectivity index (χ2v) is 5.18. The number of carbonyl (C=O) groups is 1. The zero-order chi connectivity index (χ0) is 12.1. The first-order chi connectivity index (χ1) is 8.29. The third-order valence-corrected chi connectivity index (χ3v) is 3.78. The molecule has 0 unspecified atom stereocenters. The Bertz CT molecular complexity index is 372. The van der Waals surface area contributed by atoms with Gasteiger partial charge < -0.3 is 10.1 Å². The minimum atomic E-state index is -0.205. The molecule has 0 aliphatic carbocycles. The summed E-state index contributed by atoms with van der Waals surface area (Å²) in [4.78, 5) is 15.9. The van der Waals surface area contributed by atoms with Crippen LogP contribution in [0.1, 0.15) is 21.5 Å². The average Bonchev–Trinajstić information content (AvgIpc) is 2.79. The van der Waals surface area contributed by atoms with Gasteiger partial charge in [0.2, 0.25) is 0 Å². The number of nitrogens with one attached hydrogen (secondary N) is 1. The standard InChI is InChI=1S/C12H18N2O2S/c1-2-16-12(15)11-4-3-10(17-11)9-14-7-5-13-6-8-14/h3-4,13H,2,5-9H2,1H3. The van der Waals surface area contributed by atoms with Crippen molar-refractivity contribution in [3.63, 3.8) is 0 Å².